The number of carbonyl (C=O) groups excluding carboxylic acids is 2. The number of ether oxygens (including phenoxy) is 1. The van der Waals surface area contributed by atoms with Gasteiger partial charge in [0.15, 0.2) is 0 Å². The fourth-order valence-corrected chi connectivity index (χ4v) is 4.39. The summed E-state index contributed by atoms with van der Waals surface area (Å²) in [5, 5.41) is 0.442. The fraction of sp³-hybridized carbons (Fsp3) is 0.156. The van der Waals surface area contributed by atoms with E-state index in [4.69, 9.17) is 16.3 Å². The van der Waals surface area contributed by atoms with E-state index in [2.05, 4.69) is 46.3 Å². The zero-order valence-electron chi connectivity index (χ0n) is 22.4. The van der Waals surface area contributed by atoms with Crippen LogP contribution in [-0.4, -0.2) is 38.1 Å². The van der Waals surface area contributed by atoms with E-state index < -0.39 is 5.97 Å². The standard InChI is InChI=1S/C32H30ClN3O3/c1-22-20-34-16-15-30(22)32(38)36(29-18-24(17-27(33)19-29)7-14-31(37)39-4)21-23-5-8-25(9-6-23)26-10-12-28(13-11-26)35(2)3/h5-20H,21H2,1-4H3/b14-7+. The Hall–Kier alpha value is -4.42. The van der Waals surface area contributed by atoms with E-state index in [0.717, 1.165) is 27.9 Å². The molecule has 1 heterocycles. The van der Waals surface area contributed by atoms with Gasteiger partial charge in [-0.3, -0.25) is 9.78 Å². The number of esters is 1. The predicted molar refractivity (Wildman–Crippen MR) is 158 cm³/mol. The van der Waals surface area contributed by atoms with E-state index in [9.17, 15) is 9.59 Å². The molecule has 0 fully saturated rings. The first-order valence-electron chi connectivity index (χ1n) is 12.4. The van der Waals surface area contributed by atoms with Gasteiger partial charge in [0.25, 0.3) is 5.91 Å². The maximum Gasteiger partial charge on any atom is 0.330 e. The van der Waals surface area contributed by atoms with Gasteiger partial charge in [0.2, 0.25) is 0 Å². The molecule has 0 bridgehead atoms. The average Bonchev–Trinajstić information content (AvgIpc) is 2.94. The van der Waals surface area contributed by atoms with Crippen LogP contribution in [0, 0.1) is 6.92 Å². The molecule has 0 saturated carbocycles. The second kappa shape index (κ2) is 12.4. The van der Waals surface area contributed by atoms with E-state index in [1.165, 1.54) is 13.2 Å². The second-order valence-corrected chi connectivity index (χ2v) is 9.76. The maximum atomic E-state index is 13.8. The zero-order valence-corrected chi connectivity index (χ0v) is 23.1. The zero-order chi connectivity index (χ0) is 27.9. The van der Waals surface area contributed by atoms with Crippen LogP contribution >= 0.6 is 11.6 Å². The molecular weight excluding hydrogens is 510 g/mol. The van der Waals surface area contributed by atoms with Crippen LogP contribution in [0.25, 0.3) is 17.2 Å². The lowest BCUT2D eigenvalue weighted by molar-refractivity contribution is -0.134. The molecule has 0 aliphatic carbocycles. The van der Waals surface area contributed by atoms with Crippen molar-refractivity contribution < 1.29 is 14.3 Å². The first-order chi connectivity index (χ1) is 18.7. The van der Waals surface area contributed by atoms with Crippen LogP contribution in [0.3, 0.4) is 0 Å². The highest BCUT2D eigenvalue weighted by molar-refractivity contribution is 6.31. The van der Waals surface area contributed by atoms with Crippen molar-refractivity contribution in [1.29, 1.82) is 0 Å². The molecule has 7 heteroatoms. The highest BCUT2D eigenvalue weighted by atomic mass is 35.5. The van der Waals surface area contributed by atoms with Crippen molar-refractivity contribution in [3.8, 4) is 11.1 Å². The van der Waals surface area contributed by atoms with Crippen molar-refractivity contribution in [2.24, 2.45) is 0 Å². The molecule has 3 aromatic carbocycles. The number of carbonyl (C=O) groups is 2. The number of amides is 1. The molecular formula is C32H30ClN3O3. The van der Waals surface area contributed by atoms with Crippen LogP contribution in [0.5, 0.6) is 0 Å². The summed E-state index contributed by atoms with van der Waals surface area (Å²) in [5.74, 6) is -0.656. The Kier molecular flexibility index (Phi) is 8.79. The molecule has 0 unspecified atom stereocenters. The van der Waals surface area contributed by atoms with Crippen molar-refractivity contribution in [3.05, 3.63) is 119 Å². The summed E-state index contributed by atoms with van der Waals surface area (Å²) in [6.45, 7) is 2.18. The van der Waals surface area contributed by atoms with E-state index in [1.807, 2.05) is 39.2 Å². The molecule has 4 rings (SSSR count). The van der Waals surface area contributed by atoms with Crippen LogP contribution in [-0.2, 0) is 16.1 Å². The number of halogens is 1. The molecule has 6 nitrogen and oxygen atoms in total. The predicted octanol–water partition coefficient (Wildman–Crippen LogP) is 6.81. The molecule has 1 aromatic heterocycles. The number of hydrogen-bond donors (Lipinski definition) is 0. The number of benzene rings is 3. The van der Waals surface area contributed by atoms with Gasteiger partial charge in [0.1, 0.15) is 0 Å². The third kappa shape index (κ3) is 6.92. The summed E-state index contributed by atoms with van der Waals surface area (Å²) in [7, 11) is 5.35. The summed E-state index contributed by atoms with van der Waals surface area (Å²) >= 11 is 6.45. The molecule has 39 heavy (non-hydrogen) atoms. The maximum absolute atomic E-state index is 13.8. The Labute approximate surface area is 234 Å². The van der Waals surface area contributed by atoms with Gasteiger partial charge in [-0.2, -0.15) is 0 Å². The first-order valence-corrected chi connectivity index (χ1v) is 12.8. The summed E-state index contributed by atoms with van der Waals surface area (Å²) < 4.78 is 4.69. The lowest BCUT2D eigenvalue weighted by Gasteiger charge is -2.25. The molecule has 1 amide bonds. The normalized spacial score (nSPS) is 10.9. The Balaban J connectivity index is 1.68. The molecule has 4 aromatic rings. The Morgan fingerprint density at radius 3 is 2.21 bits per heavy atom. The highest BCUT2D eigenvalue weighted by Gasteiger charge is 2.21. The molecule has 0 aliphatic heterocycles. The average molecular weight is 540 g/mol. The van der Waals surface area contributed by atoms with Gasteiger partial charge in [-0.25, -0.2) is 4.79 Å². The van der Waals surface area contributed by atoms with E-state index in [-0.39, 0.29) is 5.91 Å². The molecule has 0 spiro atoms. The Bertz CT molecular complexity index is 1500. The number of anilines is 2. The van der Waals surface area contributed by atoms with Crippen LogP contribution in [0.4, 0.5) is 11.4 Å². The molecule has 0 radical (unpaired) electrons. The summed E-state index contributed by atoms with van der Waals surface area (Å²) in [5.41, 5.74) is 6.90. The van der Waals surface area contributed by atoms with Crippen LogP contribution < -0.4 is 9.80 Å². The second-order valence-electron chi connectivity index (χ2n) is 9.32. The monoisotopic (exact) mass is 539 g/mol. The van der Waals surface area contributed by atoms with E-state index in [0.29, 0.717) is 28.4 Å². The minimum absolute atomic E-state index is 0.177. The first kappa shape index (κ1) is 27.6. The SMILES string of the molecule is COC(=O)/C=C/c1cc(Cl)cc(N(Cc2ccc(-c3ccc(N(C)C)cc3)cc2)C(=O)c2ccncc2C)c1. The largest absolute Gasteiger partial charge is 0.466 e. The van der Waals surface area contributed by atoms with E-state index in [1.54, 1.807) is 41.6 Å². The van der Waals surface area contributed by atoms with Crippen molar-refractivity contribution in [1.82, 2.24) is 4.98 Å². The topological polar surface area (TPSA) is 62.7 Å². The molecule has 198 valence electrons. The molecule has 0 aliphatic rings. The lowest BCUT2D eigenvalue weighted by Crippen LogP contribution is -2.31. The van der Waals surface area contributed by atoms with Gasteiger partial charge < -0.3 is 14.5 Å². The number of nitrogens with zero attached hydrogens (tertiary/aromatic N) is 3. The third-order valence-electron chi connectivity index (χ3n) is 6.34. The summed E-state index contributed by atoms with van der Waals surface area (Å²) in [4.78, 5) is 33.3. The van der Waals surface area contributed by atoms with Crippen LogP contribution in [0.1, 0.15) is 27.0 Å². The lowest BCUT2D eigenvalue weighted by atomic mass is 10.0. The van der Waals surface area contributed by atoms with Gasteiger partial charge in [-0.05, 0) is 77.2 Å². The Morgan fingerprint density at radius 1 is 0.923 bits per heavy atom. The van der Waals surface area contributed by atoms with Crippen molar-refractivity contribution in [2.45, 2.75) is 13.5 Å². The number of aryl methyl sites for hydroxylation is 1. The summed E-state index contributed by atoms with van der Waals surface area (Å²) in [6.07, 6.45) is 6.21. The van der Waals surface area contributed by atoms with Crippen LogP contribution in [0.15, 0.2) is 91.3 Å². The highest BCUT2D eigenvalue weighted by Crippen LogP contribution is 2.28. The molecule has 0 N–H and O–H groups in total. The number of pyridine rings is 1. The number of aromatic nitrogens is 1. The fourth-order valence-electron chi connectivity index (χ4n) is 4.16. The minimum atomic E-state index is -0.478. The van der Waals surface area contributed by atoms with E-state index >= 15 is 0 Å². The third-order valence-corrected chi connectivity index (χ3v) is 6.56. The summed E-state index contributed by atoms with van der Waals surface area (Å²) in [6, 6.07) is 23.5. The van der Waals surface area contributed by atoms with Crippen molar-refractivity contribution in [2.75, 3.05) is 31.0 Å². The van der Waals surface area contributed by atoms with Gasteiger partial charge >= 0.3 is 5.97 Å². The quantitative estimate of drug-likeness (QED) is 0.182. The Morgan fingerprint density at radius 2 is 1.59 bits per heavy atom. The number of rotatable bonds is 8. The van der Waals surface area contributed by atoms with Crippen molar-refractivity contribution >= 4 is 40.9 Å². The van der Waals surface area contributed by atoms with Gasteiger partial charge in [-0.15, -0.1) is 0 Å². The molecule has 0 atom stereocenters. The van der Waals surface area contributed by atoms with Gasteiger partial charge in [0, 0.05) is 54.5 Å². The number of methoxy groups -OCH3 is 1. The van der Waals surface area contributed by atoms with Gasteiger partial charge in [-0.1, -0.05) is 48.0 Å². The number of hydrogen-bond acceptors (Lipinski definition) is 5. The minimum Gasteiger partial charge on any atom is -0.466 e. The smallest absolute Gasteiger partial charge is 0.330 e. The van der Waals surface area contributed by atoms with Crippen molar-refractivity contribution in [3.63, 3.8) is 0 Å². The molecule has 0 saturated heterocycles. The van der Waals surface area contributed by atoms with Gasteiger partial charge in [0.05, 0.1) is 13.7 Å². The van der Waals surface area contributed by atoms with Crippen LogP contribution in [0.2, 0.25) is 5.02 Å².